The number of aromatic carboxylic acids is 1. The van der Waals surface area contributed by atoms with E-state index in [9.17, 15) is 9.90 Å². The molecule has 1 aliphatic heterocycles. The molecule has 0 fully saturated rings. The number of aryl methyl sites for hydroxylation is 1. The molecule has 0 amide bonds. The quantitative estimate of drug-likeness (QED) is 0.446. The molecule has 0 spiro atoms. The van der Waals surface area contributed by atoms with Gasteiger partial charge in [-0.25, -0.2) is 4.79 Å². The van der Waals surface area contributed by atoms with E-state index >= 15 is 0 Å². The minimum absolute atomic E-state index is 0.109. The number of carboxylic acids is 1. The van der Waals surface area contributed by atoms with Crippen LogP contribution in [0.4, 0.5) is 0 Å². The highest BCUT2D eigenvalue weighted by molar-refractivity contribution is 5.94. The number of unbranched alkanes of at least 4 members (excludes halogenated alkanes) is 10. The molecule has 1 N–H and O–H groups in total. The Morgan fingerprint density at radius 2 is 1.52 bits per heavy atom. The molecule has 0 aromatic heterocycles. The molecule has 4 heteroatoms. The van der Waals surface area contributed by atoms with E-state index in [4.69, 9.17) is 9.47 Å². The second-order valence-corrected chi connectivity index (χ2v) is 6.92. The number of carbonyl (C=O) groups is 1. The van der Waals surface area contributed by atoms with Gasteiger partial charge in [0.05, 0.1) is 0 Å². The first kappa shape index (κ1) is 19.6. The zero-order valence-electron chi connectivity index (χ0n) is 15.5. The molecule has 0 saturated heterocycles. The molecule has 25 heavy (non-hydrogen) atoms. The maximum Gasteiger partial charge on any atom is 0.339 e. The lowest BCUT2D eigenvalue weighted by molar-refractivity contribution is 0.0691. The number of fused-ring (bicyclic) bond motifs is 1. The molecule has 0 bridgehead atoms. The van der Waals surface area contributed by atoms with Gasteiger partial charge in [-0.05, 0) is 24.5 Å². The van der Waals surface area contributed by atoms with Crippen LogP contribution in [0.2, 0.25) is 0 Å². The molecule has 0 saturated carbocycles. The maximum atomic E-state index is 11.5. The Bertz CT molecular complexity index is 539. The van der Waals surface area contributed by atoms with Crippen LogP contribution in [0.1, 0.15) is 93.5 Å². The van der Waals surface area contributed by atoms with Crippen LogP contribution in [0.15, 0.2) is 12.1 Å². The molecule has 140 valence electrons. The highest BCUT2D eigenvalue weighted by atomic mass is 16.7. The second kappa shape index (κ2) is 11.0. The van der Waals surface area contributed by atoms with Gasteiger partial charge in [0.1, 0.15) is 5.56 Å². The lowest BCUT2D eigenvalue weighted by Gasteiger charge is -2.09. The van der Waals surface area contributed by atoms with Gasteiger partial charge in [-0.2, -0.15) is 0 Å². The summed E-state index contributed by atoms with van der Waals surface area (Å²) in [7, 11) is 0. The zero-order chi connectivity index (χ0) is 17.9. The number of rotatable bonds is 13. The lowest BCUT2D eigenvalue weighted by atomic mass is 9.99. The van der Waals surface area contributed by atoms with Gasteiger partial charge in [0.25, 0.3) is 0 Å². The van der Waals surface area contributed by atoms with E-state index in [2.05, 4.69) is 6.92 Å². The van der Waals surface area contributed by atoms with Crippen LogP contribution < -0.4 is 9.47 Å². The SMILES string of the molecule is CCCCCCCCCCCCCc1ccc2c(c1C(=O)O)OCO2. The van der Waals surface area contributed by atoms with Crippen molar-refractivity contribution in [2.75, 3.05) is 6.79 Å². The molecule has 0 radical (unpaired) electrons. The van der Waals surface area contributed by atoms with Gasteiger partial charge >= 0.3 is 5.97 Å². The third kappa shape index (κ3) is 6.26. The monoisotopic (exact) mass is 348 g/mol. The van der Waals surface area contributed by atoms with Crippen molar-refractivity contribution in [1.82, 2.24) is 0 Å². The average Bonchev–Trinajstić information content (AvgIpc) is 3.07. The van der Waals surface area contributed by atoms with Crippen molar-refractivity contribution in [3.63, 3.8) is 0 Å². The predicted octanol–water partition coefficient (Wildman–Crippen LogP) is 5.97. The van der Waals surface area contributed by atoms with Gasteiger partial charge in [-0.1, -0.05) is 77.2 Å². The van der Waals surface area contributed by atoms with Crippen LogP contribution in [-0.2, 0) is 6.42 Å². The van der Waals surface area contributed by atoms with Crippen molar-refractivity contribution in [2.45, 2.75) is 84.0 Å². The summed E-state index contributed by atoms with van der Waals surface area (Å²) in [6.45, 7) is 2.36. The van der Waals surface area contributed by atoms with Crippen LogP contribution in [0, 0.1) is 0 Å². The van der Waals surface area contributed by atoms with E-state index in [-0.39, 0.29) is 12.4 Å². The standard InChI is InChI=1S/C21H32O4/c1-2-3-4-5-6-7-8-9-10-11-12-13-17-14-15-18-20(25-16-24-18)19(17)21(22)23/h14-15H,2-13,16H2,1H3,(H,22,23). The Hall–Kier alpha value is -1.71. The van der Waals surface area contributed by atoms with E-state index in [1.165, 1.54) is 57.8 Å². The van der Waals surface area contributed by atoms with Gasteiger partial charge < -0.3 is 14.6 Å². The zero-order valence-corrected chi connectivity index (χ0v) is 15.5. The summed E-state index contributed by atoms with van der Waals surface area (Å²) in [4.78, 5) is 11.5. The van der Waals surface area contributed by atoms with Crippen molar-refractivity contribution >= 4 is 5.97 Å². The molecule has 1 aromatic rings. The molecule has 1 aliphatic rings. The number of ether oxygens (including phenoxy) is 2. The maximum absolute atomic E-state index is 11.5. The summed E-state index contributed by atoms with van der Waals surface area (Å²) in [5, 5.41) is 9.47. The summed E-state index contributed by atoms with van der Waals surface area (Å²) in [6.07, 6.45) is 15.0. The Morgan fingerprint density at radius 1 is 0.920 bits per heavy atom. The average molecular weight is 348 g/mol. The van der Waals surface area contributed by atoms with Crippen LogP contribution in [0.25, 0.3) is 0 Å². The van der Waals surface area contributed by atoms with Crippen LogP contribution in [0.5, 0.6) is 11.5 Å². The molecule has 4 nitrogen and oxygen atoms in total. The van der Waals surface area contributed by atoms with E-state index in [1.54, 1.807) is 0 Å². The van der Waals surface area contributed by atoms with Gasteiger partial charge in [0.15, 0.2) is 11.5 Å². The number of benzene rings is 1. The van der Waals surface area contributed by atoms with Crippen molar-refractivity contribution in [3.8, 4) is 11.5 Å². The van der Waals surface area contributed by atoms with Gasteiger partial charge in [-0.15, -0.1) is 0 Å². The predicted molar refractivity (Wildman–Crippen MR) is 99.7 cm³/mol. The minimum atomic E-state index is -0.930. The molecular formula is C21H32O4. The molecule has 0 aliphatic carbocycles. The largest absolute Gasteiger partial charge is 0.478 e. The molecule has 0 unspecified atom stereocenters. The van der Waals surface area contributed by atoms with Gasteiger partial charge in [0, 0.05) is 0 Å². The fourth-order valence-corrected chi connectivity index (χ4v) is 3.44. The van der Waals surface area contributed by atoms with E-state index in [1.807, 2.05) is 12.1 Å². The Balaban J connectivity index is 1.62. The normalized spacial score (nSPS) is 12.5. The van der Waals surface area contributed by atoms with E-state index < -0.39 is 5.97 Å². The number of carboxylic acid groups (broad SMARTS) is 1. The fraction of sp³-hybridized carbons (Fsp3) is 0.667. The first-order valence-corrected chi connectivity index (χ1v) is 9.88. The topological polar surface area (TPSA) is 55.8 Å². The van der Waals surface area contributed by atoms with Crippen LogP contribution >= 0.6 is 0 Å². The molecular weight excluding hydrogens is 316 g/mol. The third-order valence-corrected chi connectivity index (χ3v) is 4.89. The summed E-state index contributed by atoms with van der Waals surface area (Å²) < 4.78 is 10.6. The minimum Gasteiger partial charge on any atom is -0.478 e. The molecule has 1 heterocycles. The second-order valence-electron chi connectivity index (χ2n) is 6.92. The Labute approximate surface area is 151 Å². The van der Waals surface area contributed by atoms with Gasteiger partial charge in [-0.3, -0.25) is 0 Å². The first-order chi connectivity index (χ1) is 12.2. The highest BCUT2D eigenvalue weighted by Crippen LogP contribution is 2.38. The van der Waals surface area contributed by atoms with E-state index in [0.717, 1.165) is 24.8 Å². The number of hydrogen-bond acceptors (Lipinski definition) is 3. The molecule has 0 atom stereocenters. The van der Waals surface area contributed by atoms with Crippen molar-refractivity contribution < 1.29 is 19.4 Å². The van der Waals surface area contributed by atoms with Crippen molar-refractivity contribution in [1.29, 1.82) is 0 Å². The summed E-state index contributed by atoms with van der Waals surface area (Å²) in [6, 6.07) is 3.69. The number of hydrogen-bond donors (Lipinski definition) is 1. The lowest BCUT2D eigenvalue weighted by Crippen LogP contribution is -2.05. The summed E-state index contributed by atoms with van der Waals surface area (Å²) in [5.74, 6) is 0.00795. The van der Waals surface area contributed by atoms with Crippen molar-refractivity contribution in [2.24, 2.45) is 0 Å². The molecule has 1 aromatic carbocycles. The summed E-state index contributed by atoms with van der Waals surface area (Å²) >= 11 is 0. The summed E-state index contributed by atoms with van der Waals surface area (Å²) in [5.41, 5.74) is 1.13. The van der Waals surface area contributed by atoms with Crippen LogP contribution in [-0.4, -0.2) is 17.9 Å². The smallest absolute Gasteiger partial charge is 0.339 e. The third-order valence-electron chi connectivity index (χ3n) is 4.89. The molecule has 2 rings (SSSR count). The fourth-order valence-electron chi connectivity index (χ4n) is 3.44. The van der Waals surface area contributed by atoms with Crippen molar-refractivity contribution in [3.05, 3.63) is 23.3 Å². The Kier molecular flexibility index (Phi) is 8.64. The van der Waals surface area contributed by atoms with E-state index in [0.29, 0.717) is 11.5 Å². The van der Waals surface area contributed by atoms with Crippen LogP contribution in [0.3, 0.4) is 0 Å². The highest BCUT2D eigenvalue weighted by Gasteiger charge is 2.24. The Morgan fingerprint density at radius 3 is 2.12 bits per heavy atom. The first-order valence-electron chi connectivity index (χ1n) is 9.88. The van der Waals surface area contributed by atoms with Gasteiger partial charge in [0.2, 0.25) is 6.79 Å².